The fraction of sp³-hybridized carbons (Fsp3) is 0.421. The number of aromatic nitrogens is 2. The number of hydrogen-bond donors (Lipinski definition) is 2. The van der Waals surface area contributed by atoms with Crippen molar-refractivity contribution in [1.29, 1.82) is 0 Å². The van der Waals surface area contributed by atoms with Gasteiger partial charge in [-0.25, -0.2) is 0 Å². The summed E-state index contributed by atoms with van der Waals surface area (Å²) < 4.78 is 13.3. The van der Waals surface area contributed by atoms with Gasteiger partial charge in [-0.05, 0) is 32.9 Å². The molecule has 134 valence electrons. The SMILES string of the molecule is CCOc1cccc2cc(C(C)NCC(C)(O)c3cnn(C)c3)oc12. The van der Waals surface area contributed by atoms with Gasteiger partial charge in [-0.3, -0.25) is 4.68 Å². The van der Waals surface area contributed by atoms with Crippen LogP contribution < -0.4 is 10.1 Å². The first-order valence-corrected chi connectivity index (χ1v) is 8.51. The van der Waals surface area contributed by atoms with Gasteiger partial charge in [0.15, 0.2) is 11.3 Å². The molecule has 3 rings (SSSR count). The van der Waals surface area contributed by atoms with Crippen LogP contribution >= 0.6 is 0 Å². The van der Waals surface area contributed by atoms with Gasteiger partial charge in [0.05, 0.1) is 18.8 Å². The third-order valence-electron chi connectivity index (χ3n) is 4.33. The molecule has 0 spiro atoms. The number of rotatable bonds is 7. The second-order valence-electron chi connectivity index (χ2n) is 6.54. The van der Waals surface area contributed by atoms with Crippen LogP contribution in [0.4, 0.5) is 0 Å². The van der Waals surface area contributed by atoms with Crippen LogP contribution in [0, 0.1) is 0 Å². The Morgan fingerprint density at radius 3 is 2.92 bits per heavy atom. The highest BCUT2D eigenvalue weighted by Crippen LogP contribution is 2.31. The van der Waals surface area contributed by atoms with Gasteiger partial charge in [0.2, 0.25) is 0 Å². The second-order valence-corrected chi connectivity index (χ2v) is 6.54. The molecule has 0 amide bonds. The molecule has 2 N–H and O–H groups in total. The number of ether oxygens (including phenoxy) is 1. The number of nitrogens with one attached hydrogen (secondary N) is 1. The molecule has 3 aromatic rings. The number of aryl methyl sites for hydroxylation is 1. The van der Waals surface area contributed by atoms with Crippen molar-refractivity contribution in [3.63, 3.8) is 0 Å². The maximum Gasteiger partial charge on any atom is 0.176 e. The number of hydrogen-bond acceptors (Lipinski definition) is 5. The Balaban J connectivity index is 1.74. The topological polar surface area (TPSA) is 72.4 Å². The molecule has 25 heavy (non-hydrogen) atoms. The Morgan fingerprint density at radius 1 is 1.44 bits per heavy atom. The maximum atomic E-state index is 10.7. The van der Waals surface area contributed by atoms with Crippen molar-refractivity contribution in [2.45, 2.75) is 32.4 Å². The molecule has 0 aliphatic rings. The summed E-state index contributed by atoms with van der Waals surface area (Å²) in [7, 11) is 1.83. The summed E-state index contributed by atoms with van der Waals surface area (Å²) in [5.74, 6) is 1.56. The summed E-state index contributed by atoms with van der Waals surface area (Å²) in [6.07, 6.45) is 3.50. The van der Waals surface area contributed by atoms with Gasteiger partial charge in [0, 0.05) is 30.7 Å². The number of fused-ring (bicyclic) bond motifs is 1. The van der Waals surface area contributed by atoms with Crippen molar-refractivity contribution >= 4 is 11.0 Å². The predicted octanol–water partition coefficient (Wildman–Crippen LogP) is 3.12. The van der Waals surface area contributed by atoms with E-state index in [1.165, 1.54) is 0 Å². The minimum absolute atomic E-state index is 0.0509. The van der Waals surface area contributed by atoms with Crippen molar-refractivity contribution in [3.8, 4) is 5.75 Å². The zero-order valence-corrected chi connectivity index (χ0v) is 15.1. The molecule has 0 aliphatic heterocycles. The lowest BCUT2D eigenvalue weighted by atomic mass is 9.99. The molecule has 2 heterocycles. The summed E-state index contributed by atoms with van der Waals surface area (Å²) >= 11 is 0. The van der Waals surface area contributed by atoms with Gasteiger partial charge in [-0.2, -0.15) is 5.10 Å². The van der Waals surface area contributed by atoms with Crippen molar-refractivity contribution in [3.05, 3.63) is 48.0 Å². The van der Waals surface area contributed by atoms with E-state index in [1.54, 1.807) is 17.8 Å². The van der Waals surface area contributed by atoms with Crippen LogP contribution in [0.25, 0.3) is 11.0 Å². The van der Waals surface area contributed by atoms with Crippen LogP contribution in [0.1, 0.15) is 38.1 Å². The number of benzene rings is 1. The molecule has 0 saturated heterocycles. The van der Waals surface area contributed by atoms with Crippen LogP contribution in [0.15, 0.2) is 41.1 Å². The number of aliphatic hydroxyl groups is 1. The second kappa shape index (κ2) is 6.90. The maximum absolute atomic E-state index is 10.7. The van der Waals surface area contributed by atoms with E-state index >= 15 is 0 Å². The van der Waals surface area contributed by atoms with Gasteiger partial charge in [0.25, 0.3) is 0 Å². The Kier molecular flexibility index (Phi) is 4.83. The molecule has 2 atom stereocenters. The summed E-state index contributed by atoms with van der Waals surface area (Å²) in [4.78, 5) is 0. The minimum atomic E-state index is -1.01. The molecule has 0 bridgehead atoms. The van der Waals surface area contributed by atoms with Crippen molar-refractivity contribution in [2.75, 3.05) is 13.2 Å². The number of furan rings is 1. The first-order valence-electron chi connectivity index (χ1n) is 8.51. The number of nitrogens with zero attached hydrogens (tertiary/aromatic N) is 2. The molecule has 6 heteroatoms. The van der Waals surface area contributed by atoms with Gasteiger partial charge < -0.3 is 19.6 Å². The molecule has 0 aliphatic carbocycles. The molecule has 2 unspecified atom stereocenters. The molecular formula is C19H25N3O3. The summed E-state index contributed by atoms with van der Waals surface area (Å²) in [6, 6.07) is 7.82. The van der Waals surface area contributed by atoms with Gasteiger partial charge in [0.1, 0.15) is 11.4 Å². The highest BCUT2D eigenvalue weighted by Gasteiger charge is 2.26. The van der Waals surface area contributed by atoms with E-state index in [1.807, 2.05) is 51.4 Å². The molecular weight excluding hydrogens is 318 g/mol. The minimum Gasteiger partial charge on any atom is -0.490 e. The van der Waals surface area contributed by atoms with Gasteiger partial charge in [-0.15, -0.1) is 0 Å². The first-order chi connectivity index (χ1) is 11.9. The third kappa shape index (κ3) is 3.70. The van der Waals surface area contributed by atoms with Crippen LogP contribution in [0.3, 0.4) is 0 Å². The fourth-order valence-corrected chi connectivity index (χ4v) is 2.79. The Bertz CT molecular complexity index is 851. The lowest BCUT2D eigenvalue weighted by Crippen LogP contribution is -2.36. The van der Waals surface area contributed by atoms with E-state index in [2.05, 4.69) is 10.4 Å². The smallest absolute Gasteiger partial charge is 0.176 e. The zero-order chi connectivity index (χ0) is 18.0. The monoisotopic (exact) mass is 343 g/mol. The average molecular weight is 343 g/mol. The van der Waals surface area contributed by atoms with Crippen LogP contribution in [-0.4, -0.2) is 28.0 Å². The molecule has 0 fully saturated rings. The predicted molar refractivity (Wildman–Crippen MR) is 96.6 cm³/mol. The van der Waals surface area contributed by atoms with Crippen molar-refractivity contribution in [1.82, 2.24) is 15.1 Å². The summed E-state index contributed by atoms with van der Waals surface area (Å²) in [5.41, 5.74) is 0.523. The van der Waals surface area contributed by atoms with Gasteiger partial charge in [-0.1, -0.05) is 12.1 Å². The molecule has 0 saturated carbocycles. The molecule has 1 aromatic carbocycles. The Hall–Kier alpha value is -2.31. The zero-order valence-electron chi connectivity index (χ0n) is 15.1. The molecule has 6 nitrogen and oxygen atoms in total. The first kappa shape index (κ1) is 17.5. The van der Waals surface area contributed by atoms with Crippen LogP contribution in [0.2, 0.25) is 0 Å². The van der Waals surface area contributed by atoms with E-state index in [0.717, 1.165) is 28.0 Å². The Morgan fingerprint density at radius 2 is 2.24 bits per heavy atom. The normalized spacial score (nSPS) is 15.2. The standard InChI is InChI=1S/C19H25N3O3/c1-5-24-16-8-6-7-14-9-17(25-18(14)16)13(2)20-12-19(3,23)15-10-21-22(4)11-15/h6-11,13,20,23H,5,12H2,1-4H3. The average Bonchev–Trinajstić information content (AvgIpc) is 3.20. The third-order valence-corrected chi connectivity index (χ3v) is 4.33. The summed E-state index contributed by atoms with van der Waals surface area (Å²) in [5, 5.41) is 19.1. The fourth-order valence-electron chi connectivity index (χ4n) is 2.79. The van der Waals surface area contributed by atoms with Gasteiger partial charge >= 0.3 is 0 Å². The molecule has 2 aromatic heterocycles. The van der Waals surface area contributed by atoms with Crippen LogP contribution in [-0.2, 0) is 12.6 Å². The lowest BCUT2D eigenvalue weighted by molar-refractivity contribution is 0.0536. The van der Waals surface area contributed by atoms with E-state index in [9.17, 15) is 5.11 Å². The largest absolute Gasteiger partial charge is 0.490 e. The van der Waals surface area contributed by atoms with E-state index in [4.69, 9.17) is 9.15 Å². The highest BCUT2D eigenvalue weighted by atomic mass is 16.5. The number of para-hydroxylation sites is 1. The van der Waals surface area contributed by atoms with Crippen molar-refractivity contribution in [2.24, 2.45) is 7.05 Å². The van der Waals surface area contributed by atoms with Crippen molar-refractivity contribution < 1.29 is 14.3 Å². The van der Waals surface area contributed by atoms with E-state index in [-0.39, 0.29) is 6.04 Å². The van der Waals surface area contributed by atoms with E-state index in [0.29, 0.717) is 13.2 Å². The Labute approximate surface area is 147 Å². The van der Waals surface area contributed by atoms with Crippen LogP contribution in [0.5, 0.6) is 5.75 Å². The van der Waals surface area contributed by atoms with E-state index < -0.39 is 5.60 Å². The quantitative estimate of drug-likeness (QED) is 0.689. The highest BCUT2D eigenvalue weighted by molar-refractivity contribution is 5.83. The lowest BCUT2D eigenvalue weighted by Gasteiger charge is -2.24. The molecule has 0 radical (unpaired) electrons. The summed E-state index contributed by atoms with van der Waals surface area (Å²) in [6.45, 7) is 6.71.